The fourth-order valence-electron chi connectivity index (χ4n) is 3.64. The lowest BCUT2D eigenvalue weighted by Gasteiger charge is -2.26. The number of nitrogens with zero attached hydrogens (tertiary/aromatic N) is 2. The van der Waals surface area contributed by atoms with Crippen LogP contribution >= 0.6 is 22.7 Å². The molecule has 0 saturated carbocycles. The van der Waals surface area contributed by atoms with E-state index in [9.17, 15) is 9.59 Å². The summed E-state index contributed by atoms with van der Waals surface area (Å²) in [5, 5.41) is 1.95. The molecule has 1 atom stereocenters. The molecular weight excluding hydrogens is 448 g/mol. The Labute approximate surface area is 192 Å². The number of aromatic nitrogens is 1. The highest BCUT2D eigenvalue weighted by atomic mass is 32.1. The van der Waals surface area contributed by atoms with Crippen LogP contribution in [0.5, 0.6) is 11.5 Å². The molecule has 3 heterocycles. The molecule has 0 bridgehead atoms. The predicted molar refractivity (Wildman–Crippen MR) is 124 cm³/mol. The Morgan fingerprint density at radius 1 is 1.25 bits per heavy atom. The summed E-state index contributed by atoms with van der Waals surface area (Å²) in [6.07, 6.45) is 1.84. The Kier molecular flexibility index (Phi) is 6.29. The Morgan fingerprint density at radius 2 is 2.06 bits per heavy atom. The molecule has 2 aromatic heterocycles. The third-order valence-corrected chi connectivity index (χ3v) is 6.87. The monoisotopic (exact) mass is 470 g/mol. The van der Waals surface area contributed by atoms with E-state index in [2.05, 4.69) is 4.99 Å². The number of rotatable bonds is 6. The van der Waals surface area contributed by atoms with Gasteiger partial charge in [-0.25, -0.2) is 9.79 Å². The predicted octanol–water partition coefficient (Wildman–Crippen LogP) is 2.88. The Balaban J connectivity index is 2.03. The van der Waals surface area contributed by atoms with Gasteiger partial charge in [-0.3, -0.25) is 9.36 Å². The minimum absolute atomic E-state index is 0.209. The highest BCUT2D eigenvalue weighted by Crippen LogP contribution is 2.37. The minimum Gasteiger partial charge on any atom is -0.497 e. The Morgan fingerprint density at radius 3 is 2.72 bits per heavy atom. The van der Waals surface area contributed by atoms with Gasteiger partial charge in [0.1, 0.15) is 17.5 Å². The zero-order valence-corrected chi connectivity index (χ0v) is 19.7. The van der Waals surface area contributed by atoms with Crippen LogP contribution in [0.1, 0.15) is 30.3 Å². The summed E-state index contributed by atoms with van der Waals surface area (Å²) in [5.41, 5.74) is 1.19. The number of ether oxygens (including phenoxy) is 3. The number of benzene rings is 1. The summed E-state index contributed by atoms with van der Waals surface area (Å²) in [5.74, 6) is 0.593. The number of fused-ring (bicyclic) bond motifs is 1. The maximum absolute atomic E-state index is 13.6. The number of hydrogen-bond acceptors (Lipinski definition) is 8. The van der Waals surface area contributed by atoms with Gasteiger partial charge in [-0.15, -0.1) is 11.3 Å². The van der Waals surface area contributed by atoms with Crippen LogP contribution in [0.15, 0.2) is 56.8 Å². The number of hydrogen-bond donors (Lipinski definition) is 0. The van der Waals surface area contributed by atoms with Crippen LogP contribution in [0.3, 0.4) is 0 Å². The summed E-state index contributed by atoms with van der Waals surface area (Å²) >= 11 is 2.83. The fourth-order valence-corrected chi connectivity index (χ4v) is 5.41. The van der Waals surface area contributed by atoms with Gasteiger partial charge in [0.25, 0.3) is 5.56 Å². The lowest BCUT2D eigenvalue weighted by molar-refractivity contribution is -0.139. The fraction of sp³-hybridized carbons (Fsp3) is 0.261. The van der Waals surface area contributed by atoms with Crippen molar-refractivity contribution in [3.8, 4) is 11.5 Å². The van der Waals surface area contributed by atoms with Crippen molar-refractivity contribution >= 4 is 34.7 Å². The van der Waals surface area contributed by atoms with E-state index in [1.54, 1.807) is 62.2 Å². The molecule has 4 rings (SSSR count). The lowest BCUT2D eigenvalue weighted by Crippen LogP contribution is -2.40. The van der Waals surface area contributed by atoms with Crippen molar-refractivity contribution in [3.05, 3.63) is 77.1 Å². The van der Waals surface area contributed by atoms with E-state index < -0.39 is 12.0 Å². The average Bonchev–Trinajstić information content (AvgIpc) is 3.40. The molecule has 0 fully saturated rings. The van der Waals surface area contributed by atoms with Crippen LogP contribution in [-0.4, -0.2) is 31.4 Å². The number of esters is 1. The molecule has 32 heavy (non-hydrogen) atoms. The van der Waals surface area contributed by atoms with Crippen LogP contribution in [0, 0.1) is 0 Å². The maximum atomic E-state index is 13.6. The Bertz CT molecular complexity index is 1370. The van der Waals surface area contributed by atoms with Crippen molar-refractivity contribution in [2.24, 2.45) is 4.99 Å². The maximum Gasteiger partial charge on any atom is 0.338 e. The highest BCUT2D eigenvalue weighted by molar-refractivity contribution is 7.11. The third-order valence-electron chi connectivity index (χ3n) is 5.07. The number of thiophene rings is 1. The van der Waals surface area contributed by atoms with Crippen LogP contribution in [0.25, 0.3) is 6.08 Å². The van der Waals surface area contributed by atoms with E-state index in [0.717, 1.165) is 4.88 Å². The van der Waals surface area contributed by atoms with Crippen LogP contribution in [0.2, 0.25) is 0 Å². The van der Waals surface area contributed by atoms with Crippen LogP contribution in [-0.2, 0) is 9.53 Å². The molecule has 0 spiro atoms. The topological polar surface area (TPSA) is 79.1 Å². The van der Waals surface area contributed by atoms with Crippen LogP contribution in [0.4, 0.5) is 0 Å². The van der Waals surface area contributed by atoms with Gasteiger partial charge in [0.15, 0.2) is 4.80 Å². The lowest BCUT2D eigenvalue weighted by atomic mass is 9.95. The van der Waals surface area contributed by atoms with Gasteiger partial charge < -0.3 is 14.2 Å². The molecule has 9 heteroatoms. The van der Waals surface area contributed by atoms with Gasteiger partial charge in [0.05, 0.1) is 36.6 Å². The second-order valence-corrected chi connectivity index (χ2v) is 8.91. The number of carbonyl (C=O) groups is 1. The quantitative estimate of drug-likeness (QED) is 0.518. The van der Waals surface area contributed by atoms with E-state index in [1.165, 1.54) is 11.3 Å². The molecule has 1 aliphatic heterocycles. The van der Waals surface area contributed by atoms with Gasteiger partial charge in [-0.2, -0.15) is 0 Å². The molecule has 1 unspecified atom stereocenters. The molecule has 0 N–H and O–H groups in total. The summed E-state index contributed by atoms with van der Waals surface area (Å²) in [6.45, 7) is 3.70. The summed E-state index contributed by atoms with van der Waals surface area (Å²) in [6, 6.07) is 8.41. The van der Waals surface area contributed by atoms with Gasteiger partial charge in [-0.05, 0) is 49.6 Å². The van der Waals surface area contributed by atoms with E-state index in [0.29, 0.717) is 37.7 Å². The standard InChI is InChI=1S/C23H22N2O5S2/c1-5-30-22(27)19-13(2)24-23-25(21(26)18(32-23)12-15-7-6-10-31-15)20(19)16-11-14(28-3)8-9-17(16)29-4/h6-12,20H,5H2,1-4H3/b18-12+. The van der Waals surface area contributed by atoms with Crippen molar-refractivity contribution in [1.29, 1.82) is 0 Å². The molecule has 1 aromatic carbocycles. The molecule has 0 aliphatic carbocycles. The minimum atomic E-state index is -0.763. The van der Waals surface area contributed by atoms with E-state index in [-0.39, 0.29) is 12.2 Å². The van der Waals surface area contributed by atoms with E-state index >= 15 is 0 Å². The molecule has 0 amide bonds. The first-order valence-corrected chi connectivity index (χ1v) is 11.6. The first kappa shape index (κ1) is 22.0. The van der Waals surface area contributed by atoms with Crippen LogP contribution < -0.4 is 24.4 Å². The first-order chi connectivity index (χ1) is 15.5. The zero-order chi connectivity index (χ0) is 22.8. The smallest absolute Gasteiger partial charge is 0.338 e. The molecule has 166 valence electrons. The van der Waals surface area contributed by atoms with Crippen molar-refractivity contribution in [2.75, 3.05) is 20.8 Å². The summed E-state index contributed by atoms with van der Waals surface area (Å²) in [4.78, 5) is 32.6. The normalized spacial score (nSPS) is 15.9. The molecule has 0 radical (unpaired) electrons. The number of allylic oxidation sites excluding steroid dienone is 1. The van der Waals surface area contributed by atoms with Gasteiger partial charge in [-0.1, -0.05) is 17.4 Å². The molecule has 7 nitrogen and oxygen atoms in total. The van der Waals surface area contributed by atoms with Gasteiger partial charge in [0, 0.05) is 10.4 Å². The van der Waals surface area contributed by atoms with Gasteiger partial charge >= 0.3 is 5.97 Å². The van der Waals surface area contributed by atoms with Crippen molar-refractivity contribution < 1.29 is 19.0 Å². The largest absolute Gasteiger partial charge is 0.497 e. The molecule has 1 aliphatic rings. The zero-order valence-electron chi connectivity index (χ0n) is 18.1. The molecule has 0 saturated heterocycles. The number of methoxy groups -OCH3 is 2. The second-order valence-electron chi connectivity index (χ2n) is 6.93. The highest BCUT2D eigenvalue weighted by Gasteiger charge is 2.35. The second kappa shape index (κ2) is 9.13. The van der Waals surface area contributed by atoms with Crippen molar-refractivity contribution in [1.82, 2.24) is 4.57 Å². The first-order valence-electron chi connectivity index (χ1n) is 9.93. The summed E-state index contributed by atoms with van der Waals surface area (Å²) in [7, 11) is 3.11. The SMILES string of the molecule is CCOC(=O)C1=C(C)N=c2s/c(=C/c3cccs3)c(=O)n2C1c1cc(OC)ccc1OC. The van der Waals surface area contributed by atoms with E-state index in [1.807, 2.05) is 23.6 Å². The number of thiazole rings is 1. The Hall–Kier alpha value is -3.17. The summed E-state index contributed by atoms with van der Waals surface area (Å²) < 4.78 is 18.4. The van der Waals surface area contributed by atoms with Gasteiger partial charge in [0.2, 0.25) is 0 Å². The average molecular weight is 471 g/mol. The number of carbonyl (C=O) groups excluding carboxylic acids is 1. The van der Waals surface area contributed by atoms with E-state index in [4.69, 9.17) is 14.2 Å². The third kappa shape index (κ3) is 3.89. The van der Waals surface area contributed by atoms with Crippen molar-refractivity contribution in [2.45, 2.75) is 19.9 Å². The molecule has 3 aromatic rings. The molecular formula is C23H22N2O5S2. The van der Waals surface area contributed by atoms with Crippen molar-refractivity contribution in [3.63, 3.8) is 0 Å².